The predicted molar refractivity (Wildman–Crippen MR) is 105 cm³/mol. The van der Waals surface area contributed by atoms with E-state index in [-0.39, 0.29) is 43.2 Å². The molecule has 0 radical (unpaired) electrons. The first-order valence-corrected chi connectivity index (χ1v) is 9.23. The highest BCUT2D eigenvalue weighted by Gasteiger charge is 2.24. The molecule has 0 saturated heterocycles. The Hall–Kier alpha value is -0.480. The molecule has 0 aromatic heterocycles. The summed E-state index contributed by atoms with van der Waals surface area (Å²) in [6, 6.07) is 0. The van der Waals surface area contributed by atoms with Crippen molar-refractivity contribution in [3.05, 3.63) is 0 Å². The van der Waals surface area contributed by atoms with Crippen LogP contribution in [-0.4, -0.2) is 67.8 Å². The number of hydrogen-bond donors (Lipinski definition) is 7. The molecule has 0 aromatic rings. The fourth-order valence-corrected chi connectivity index (χ4v) is 1.49. The summed E-state index contributed by atoms with van der Waals surface area (Å²) in [6.07, 6.45) is 2.56. The molecule has 0 amide bonds. The van der Waals surface area contributed by atoms with Gasteiger partial charge in [0.2, 0.25) is 0 Å². The van der Waals surface area contributed by atoms with E-state index < -0.39 is 17.4 Å². The van der Waals surface area contributed by atoms with Crippen LogP contribution in [0.25, 0.3) is 0 Å². The van der Waals surface area contributed by atoms with Crippen molar-refractivity contribution in [3.8, 4) is 0 Å². The Labute approximate surface area is 161 Å². The molecule has 2 unspecified atom stereocenters. The molecule has 0 aliphatic rings. The molecule has 0 spiro atoms. The molecule has 25 heavy (non-hydrogen) atoms. The van der Waals surface area contributed by atoms with E-state index in [0.29, 0.717) is 6.42 Å². The van der Waals surface area contributed by atoms with Gasteiger partial charge in [0.1, 0.15) is 0 Å². The van der Waals surface area contributed by atoms with Gasteiger partial charge in [-0.2, -0.15) is 25.3 Å². The van der Waals surface area contributed by atoms with Crippen molar-refractivity contribution >= 4 is 37.2 Å². The van der Waals surface area contributed by atoms with Crippen molar-refractivity contribution in [1.82, 2.24) is 0 Å². The summed E-state index contributed by atoms with van der Waals surface area (Å²) in [5.74, 6) is -1.54. The van der Waals surface area contributed by atoms with Gasteiger partial charge in [0.15, 0.2) is 0 Å². The molecular formula is C16H34O7S2. The molecule has 0 aliphatic carbocycles. The third-order valence-corrected chi connectivity index (χ3v) is 4.61. The zero-order valence-corrected chi connectivity index (χ0v) is 17.0. The maximum absolute atomic E-state index is 9.92. The van der Waals surface area contributed by atoms with Crippen LogP contribution < -0.4 is 0 Å². The van der Waals surface area contributed by atoms with Crippen molar-refractivity contribution in [2.45, 2.75) is 63.4 Å². The van der Waals surface area contributed by atoms with Gasteiger partial charge in [-0.1, -0.05) is 20.8 Å². The standard InChI is InChI=1S/C6H14O3.2C5H10O2S/c1-2-6(3-7,4-8)5-9;2*1-2-4(8)3-5(6)7/h7-9H,2-5H2,1H3;2*4,8H,2-3H2,1H3,(H,6,7). The number of carboxylic acids is 2. The van der Waals surface area contributed by atoms with Gasteiger partial charge < -0.3 is 25.5 Å². The van der Waals surface area contributed by atoms with Gasteiger partial charge in [-0.25, -0.2) is 0 Å². The molecule has 0 fully saturated rings. The van der Waals surface area contributed by atoms with Crippen LogP contribution in [0.5, 0.6) is 0 Å². The quantitative estimate of drug-likeness (QED) is 0.276. The van der Waals surface area contributed by atoms with Crippen LogP contribution in [0.4, 0.5) is 0 Å². The largest absolute Gasteiger partial charge is 0.481 e. The predicted octanol–water partition coefficient (Wildman–Crippen LogP) is 1.70. The first kappa shape index (κ1) is 29.3. The first-order valence-electron chi connectivity index (χ1n) is 8.20. The molecule has 5 N–H and O–H groups in total. The maximum atomic E-state index is 9.92. The highest BCUT2D eigenvalue weighted by atomic mass is 32.1. The first-order chi connectivity index (χ1) is 11.6. The molecule has 7 nitrogen and oxygen atoms in total. The molecular weight excluding hydrogens is 368 g/mol. The lowest BCUT2D eigenvalue weighted by molar-refractivity contribution is -0.138. The average molecular weight is 403 g/mol. The summed E-state index contributed by atoms with van der Waals surface area (Å²) in [7, 11) is 0. The Morgan fingerprint density at radius 3 is 1.12 bits per heavy atom. The van der Waals surface area contributed by atoms with Crippen LogP contribution in [0.2, 0.25) is 0 Å². The Morgan fingerprint density at radius 1 is 0.800 bits per heavy atom. The fourth-order valence-electron chi connectivity index (χ4n) is 1.18. The molecule has 0 rings (SSSR count). The lowest BCUT2D eigenvalue weighted by Gasteiger charge is -2.24. The van der Waals surface area contributed by atoms with E-state index in [0.717, 1.165) is 12.8 Å². The Balaban J connectivity index is -0.000000291. The van der Waals surface area contributed by atoms with Crippen LogP contribution in [0.15, 0.2) is 0 Å². The number of rotatable bonds is 10. The summed E-state index contributed by atoms with van der Waals surface area (Å²) in [4.78, 5) is 19.8. The molecule has 0 bridgehead atoms. The number of aliphatic hydroxyl groups excluding tert-OH is 3. The maximum Gasteiger partial charge on any atom is 0.304 e. The minimum atomic E-state index is -0.771. The minimum absolute atomic E-state index is 0.0208. The van der Waals surface area contributed by atoms with Gasteiger partial charge in [-0.15, -0.1) is 0 Å². The number of carbonyl (C=O) groups is 2. The number of carboxylic acid groups (broad SMARTS) is 2. The smallest absolute Gasteiger partial charge is 0.304 e. The van der Waals surface area contributed by atoms with Crippen LogP contribution in [0.3, 0.4) is 0 Å². The Kier molecular flexibility index (Phi) is 21.5. The summed E-state index contributed by atoms with van der Waals surface area (Å²) in [5, 5.41) is 42.3. The Morgan fingerprint density at radius 2 is 1.08 bits per heavy atom. The van der Waals surface area contributed by atoms with Crippen molar-refractivity contribution in [1.29, 1.82) is 0 Å². The van der Waals surface area contributed by atoms with Crippen molar-refractivity contribution in [2.24, 2.45) is 5.41 Å². The molecule has 0 saturated carbocycles. The van der Waals surface area contributed by atoms with Crippen LogP contribution in [0.1, 0.15) is 52.9 Å². The van der Waals surface area contributed by atoms with Crippen molar-refractivity contribution in [2.75, 3.05) is 19.8 Å². The second kappa shape index (κ2) is 18.3. The molecule has 0 heterocycles. The summed E-state index contributed by atoms with van der Waals surface area (Å²) in [5.41, 5.74) is -0.667. The highest BCUT2D eigenvalue weighted by Crippen LogP contribution is 2.18. The monoisotopic (exact) mass is 402 g/mol. The molecule has 9 heteroatoms. The SMILES string of the molecule is CCC(CO)(CO)CO.CCC(S)CC(=O)O.CCC(S)CC(=O)O. The van der Waals surface area contributed by atoms with Gasteiger partial charge in [-0.05, 0) is 19.3 Å². The summed E-state index contributed by atoms with van der Waals surface area (Å²) in [6.45, 7) is 5.19. The lowest BCUT2D eigenvalue weighted by atomic mass is 9.88. The molecule has 2 atom stereocenters. The van der Waals surface area contributed by atoms with Gasteiger partial charge >= 0.3 is 11.9 Å². The normalized spacial score (nSPS) is 12.8. The number of thiol groups is 2. The van der Waals surface area contributed by atoms with Gasteiger partial charge in [0, 0.05) is 15.9 Å². The van der Waals surface area contributed by atoms with Crippen LogP contribution >= 0.6 is 25.3 Å². The van der Waals surface area contributed by atoms with Crippen molar-refractivity contribution in [3.63, 3.8) is 0 Å². The summed E-state index contributed by atoms with van der Waals surface area (Å²) < 4.78 is 0. The lowest BCUT2D eigenvalue weighted by Crippen LogP contribution is -2.32. The second-order valence-corrected chi connectivity index (χ2v) is 7.11. The average Bonchev–Trinajstić information content (AvgIpc) is 2.57. The van der Waals surface area contributed by atoms with E-state index in [1.165, 1.54) is 0 Å². The molecule has 0 aliphatic heterocycles. The zero-order valence-electron chi connectivity index (χ0n) is 15.3. The topological polar surface area (TPSA) is 135 Å². The number of hydrogen-bond acceptors (Lipinski definition) is 7. The second-order valence-electron chi connectivity index (χ2n) is 5.65. The van der Waals surface area contributed by atoms with Gasteiger partial charge in [0.05, 0.1) is 32.7 Å². The van der Waals surface area contributed by atoms with E-state index >= 15 is 0 Å². The fraction of sp³-hybridized carbons (Fsp3) is 0.875. The minimum Gasteiger partial charge on any atom is -0.481 e. The van der Waals surface area contributed by atoms with Crippen molar-refractivity contribution < 1.29 is 35.1 Å². The third-order valence-electron chi connectivity index (χ3n) is 3.52. The third kappa shape index (κ3) is 19.7. The van der Waals surface area contributed by atoms with Crippen LogP contribution in [0, 0.1) is 5.41 Å². The number of aliphatic hydroxyl groups is 3. The van der Waals surface area contributed by atoms with Crippen LogP contribution in [-0.2, 0) is 9.59 Å². The summed E-state index contributed by atoms with van der Waals surface area (Å²) >= 11 is 7.98. The molecule has 0 aromatic carbocycles. The van der Waals surface area contributed by atoms with E-state index in [4.69, 9.17) is 25.5 Å². The Bertz CT molecular complexity index is 297. The van der Waals surface area contributed by atoms with E-state index in [2.05, 4.69) is 25.3 Å². The number of aliphatic carboxylic acids is 2. The highest BCUT2D eigenvalue weighted by molar-refractivity contribution is 7.81. The van der Waals surface area contributed by atoms with E-state index in [9.17, 15) is 9.59 Å². The zero-order chi connectivity index (χ0) is 20.5. The van der Waals surface area contributed by atoms with Gasteiger partial charge in [-0.3, -0.25) is 9.59 Å². The van der Waals surface area contributed by atoms with E-state index in [1.807, 2.05) is 20.8 Å². The van der Waals surface area contributed by atoms with E-state index in [1.54, 1.807) is 0 Å². The molecule has 152 valence electrons. The van der Waals surface area contributed by atoms with Gasteiger partial charge in [0.25, 0.3) is 0 Å².